The number of hydrogen-bond acceptors (Lipinski definition) is 3. The van der Waals surface area contributed by atoms with E-state index in [9.17, 15) is 9.59 Å². The molecule has 0 spiro atoms. The van der Waals surface area contributed by atoms with Crippen LogP contribution < -0.4 is 5.32 Å². The van der Waals surface area contributed by atoms with Gasteiger partial charge in [0.1, 0.15) is 0 Å². The number of esters is 1. The van der Waals surface area contributed by atoms with E-state index < -0.39 is 12.0 Å². The van der Waals surface area contributed by atoms with E-state index in [1.54, 1.807) is 36.1 Å². The lowest BCUT2D eigenvalue weighted by molar-refractivity contribution is -0.136. The van der Waals surface area contributed by atoms with Crippen molar-refractivity contribution in [1.29, 1.82) is 0 Å². The molecule has 1 N–H and O–H groups in total. The molecular formula is C16H17ClN2O3. The van der Waals surface area contributed by atoms with Crippen LogP contribution in [0.2, 0.25) is 5.02 Å². The number of nitrogens with zero attached hydrogens (tertiary/aromatic N) is 1. The van der Waals surface area contributed by atoms with Gasteiger partial charge in [0.25, 0.3) is 0 Å². The van der Waals surface area contributed by atoms with E-state index >= 15 is 0 Å². The second kappa shape index (κ2) is 5.65. The molecule has 1 fully saturated rings. The van der Waals surface area contributed by atoms with Crippen LogP contribution in [0.25, 0.3) is 0 Å². The van der Waals surface area contributed by atoms with Crippen LogP contribution in [-0.4, -0.2) is 30.1 Å². The number of carbonyl (C=O) groups excluding carboxylic acids is 2. The standard InChI is InChI=1S/C16H17ClN2O3/c1-9-13(15(20)22-2)14(10-3-5-11(17)6-4-10)18-16(21)19(9)12-7-8-12/h3-6,12,14H,7-8H2,1-2H3,(H,18,21)/t14-/m0/s1. The van der Waals surface area contributed by atoms with Gasteiger partial charge < -0.3 is 10.1 Å². The van der Waals surface area contributed by atoms with Gasteiger partial charge in [-0.2, -0.15) is 0 Å². The average molecular weight is 321 g/mol. The molecule has 2 aliphatic rings. The van der Waals surface area contributed by atoms with Crippen LogP contribution in [0.15, 0.2) is 35.5 Å². The Balaban J connectivity index is 2.06. The highest BCUT2D eigenvalue weighted by Gasteiger charge is 2.42. The van der Waals surface area contributed by atoms with E-state index in [1.807, 2.05) is 0 Å². The molecule has 22 heavy (non-hydrogen) atoms. The maximum Gasteiger partial charge on any atom is 0.337 e. The maximum atomic E-state index is 12.4. The summed E-state index contributed by atoms with van der Waals surface area (Å²) in [6.07, 6.45) is 1.93. The fraction of sp³-hybridized carbons (Fsp3) is 0.375. The number of benzene rings is 1. The van der Waals surface area contributed by atoms with E-state index in [-0.39, 0.29) is 12.1 Å². The number of halogens is 1. The van der Waals surface area contributed by atoms with Crippen molar-refractivity contribution in [2.24, 2.45) is 0 Å². The summed E-state index contributed by atoms with van der Waals surface area (Å²) in [5, 5.41) is 3.51. The molecule has 0 bridgehead atoms. The third-order valence-electron chi connectivity index (χ3n) is 4.05. The molecule has 0 aromatic heterocycles. The first kappa shape index (κ1) is 14.9. The summed E-state index contributed by atoms with van der Waals surface area (Å²) in [5.41, 5.74) is 1.93. The Morgan fingerprint density at radius 2 is 1.95 bits per heavy atom. The Morgan fingerprint density at radius 3 is 2.50 bits per heavy atom. The SMILES string of the molecule is COC(=O)C1=C(C)N(C2CC2)C(=O)N[C@H]1c1ccc(Cl)cc1. The molecule has 0 saturated heterocycles. The largest absolute Gasteiger partial charge is 0.466 e. The highest BCUT2D eigenvalue weighted by Crippen LogP contribution is 2.37. The molecule has 5 nitrogen and oxygen atoms in total. The molecular weight excluding hydrogens is 304 g/mol. The summed E-state index contributed by atoms with van der Waals surface area (Å²) >= 11 is 5.91. The van der Waals surface area contributed by atoms with Gasteiger partial charge in [-0.3, -0.25) is 4.90 Å². The second-order valence-corrected chi connectivity index (χ2v) is 5.96. The molecule has 6 heteroatoms. The Morgan fingerprint density at radius 1 is 1.32 bits per heavy atom. The first-order chi connectivity index (χ1) is 10.5. The van der Waals surface area contributed by atoms with Crippen LogP contribution in [0.4, 0.5) is 4.79 Å². The van der Waals surface area contributed by atoms with Gasteiger partial charge in [-0.25, -0.2) is 9.59 Å². The van der Waals surface area contributed by atoms with Crippen LogP contribution in [0.3, 0.4) is 0 Å². The molecule has 1 heterocycles. The number of urea groups is 1. The van der Waals surface area contributed by atoms with Crippen LogP contribution in [0, 0.1) is 0 Å². The van der Waals surface area contributed by atoms with E-state index in [0.717, 1.165) is 18.4 Å². The van der Waals surface area contributed by atoms with E-state index in [0.29, 0.717) is 16.3 Å². The highest BCUT2D eigenvalue weighted by atomic mass is 35.5. The number of rotatable bonds is 3. The maximum absolute atomic E-state index is 12.4. The van der Waals surface area contributed by atoms with Gasteiger partial charge >= 0.3 is 12.0 Å². The molecule has 1 aliphatic carbocycles. The molecule has 2 amide bonds. The lowest BCUT2D eigenvalue weighted by Gasteiger charge is -2.35. The van der Waals surface area contributed by atoms with Crippen molar-refractivity contribution >= 4 is 23.6 Å². The minimum Gasteiger partial charge on any atom is -0.466 e. The van der Waals surface area contributed by atoms with Crippen LogP contribution in [-0.2, 0) is 9.53 Å². The minimum atomic E-state index is -0.521. The van der Waals surface area contributed by atoms with Gasteiger partial charge in [-0.15, -0.1) is 0 Å². The van der Waals surface area contributed by atoms with Crippen molar-refractivity contribution in [3.63, 3.8) is 0 Å². The number of ether oxygens (including phenoxy) is 1. The minimum absolute atomic E-state index is 0.174. The third-order valence-corrected chi connectivity index (χ3v) is 4.30. The average Bonchev–Trinajstić information content (AvgIpc) is 3.31. The monoisotopic (exact) mass is 320 g/mol. The summed E-state index contributed by atoms with van der Waals surface area (Å²) in [6.45, 7) is 1.80. The van der Waals surface area contributed by atoms with Gasteiger partial charge in [-0.1, -0.05) is 23.7 Å². The van der Waals surface area contributed by atoms with Crippen molar-refractivity contribution in [3.05, 3.63) is 46.1 Å². The predicted molar refractivity (Wildman–Crippen MR) is 82.3 cm³/mol. The summed E-state index contributed by atoms with van der Waals surface area (Å²) < 4.78 is 4.92. The van der Waals surface area contributed by atoms with Crippen molar-refractivity contribution < 1.29 is 14.3 Å². The first-order valence-electron chi connectivity index (χ1n) is 7.17. The molecule has 0 radical (unpaired) electrons. The van der Waals surface area contributed by atoms with E-state index in [1.165, 1.54) is 7.11 Å². The molecule has 1 saturated carbocycles. The normalized spacial score (nSPS) is 21.7. The van der Waals surface area contributed by atoms with Crippen molar-refractivity contribution in [2.75, 3.05) is 7.11 Å². The zero-order valence-electron chi connectivity index (χ0n) is 12.4. The Bertz CT molecular complexity index is 650. The van der Waals surface area contributed by atoms with Crippen molar-refractivity contribution in [2.45, 2.75) is 31.8 Å². The second-order valence-electron chi connectivity index (χ2n) is 5.53. The van der Waals surface area contributed by atoms with Gasteiger partial charge in [-0.05, 0) is 37.5 Å². The smallest absolute Gasteiger partial charge is 0.337 e. The van der Waals surface area contributed by atoms with Crippen LogP contribution in [0.5, 0.6) is 0 Å². The van der Waals surface area contributed by atoms with E-state index in [4.69, 9.17) is 16.3 Å². The lowest BCUT2D eigenvalue weighted by atomic mass is 9.95. The highest BCUT2D eigenvalue weighted by molar-refractivity contribution is 6.30. The molecule has 3 rings (SSSR count). The number of methoxy groups -OCH3 is 1. The summed E-state index contributed by atoms with van der Waals surface area (Å²) in [7, 11) is 1.35. The molecule has 1 aromatic rings. The number of amides is 2. The number of allylic oxidation sites excluding steroid dienone is 1. The van der Waals surface area contributed by atoms with Crippen LogP contribution in [0.1, 0.15) is 31.4 Å². The Kier molecular flexibility index (Phi) is 3.83. The fourth-order valence-corrected chi connectivity index (χ4v) is 2.94. The Hall–Kier alpha value is -2.01. The van der Waals surface area contributed by atoms with Crippen LogP contribution >= 0.6 is 11.6 Å². The summed E-state index contributed by atoms with van der Waals surface area (Å²) in [5.74, 6) is -0.428. The molecule has 1 aliphatic heterocycles. The first-order valence-corrected chi connectivity index (χ1v) is 7.55. The molecule has 116 valence electrons. The summed E-state index contributed by atoms with van der Waals surface area (Å²) in [6, 6.07) is 6.57. The molecule has 1 aromatic carbocycles. The third kappa shape index (κ3) is 2.57. The Labute approximate surface area is 133 Å². The zero-order chi connectivity index (χ0) is 15.9. The fourth-order valence-electron chi connectivity index (χ4n) is 2.81. The van der Waals surface area contributed by atoms with Gasteiger partial charge in [0, 0.05) is 16.8 Å². The number of carbonyl (C=O) groups is 2. The number of nitrogens with one attached hydrogen (secondary N) is 1. The predicted octanol–water partition coefficient (Wildman–Crippen LogP) is 3.02. The summed E-state index contributed by atoms with van der Waals surface area (Å²) in [4.78, 5) is 26.3. The lowest BCUT2D eigenvalue weighted by Crippen LogP contribution is -2.48. The van der Waals surface area contributed by atoms with E-state index in [2.05, 4.69) is 5.32 Å². The van der Waals surface area contributed by atoms with Gasteiger partial charge in [0.2, 0.25) is 0 Å². The number of hydrogen-bond donors (Lipinski definition) is 1. The van der Waals surface area contributed by atoms with Crippen molar-refractivity contribution in [3.8, 4) is 0 Å². The molecule has 1 atom stereocenters. The molecule has 0 unspecified atom stereocenters. The zero-order valence-corrected chi connectivity index (χ0v) is 13.2. The topological polar surface area (TPSA) is 58.6 Å². The van der Waals surface area contributed by atoms with Gasteiger partial charge in [0.05, 0.1) is 18.7 Å². The quantitative estimate of drug-likeness (QED) is 0.871. The van der Waals surface area contributed by atoms with Crippen molar-refractivity contribution in [1.82, 2.24) is 10.2 Å². The van der Waals surface area contributed by atoms with Gasteiger partial charge in [0.15, 0.2) is 0 Å².